The van der Waals surface area contributed by atoms with Gasteiger partial charge in [0.25, 0.3) is 5.91 Å². The highest BCUT2D eigenvalue weighted by Crippen LogP contribution is 2.35. The van der Waals surface area contributed by atoms with Crippen LogP contribution in [0, 0.1) is 0 Å². The maximum atomic E-state index is 12.2. The first kappa shape index (κ1) is 13.4. The zero-order valence-corrected chi connectivity index (χ0v) is 11.0. The number of ether oxygens (including phenoxy) is 1. The largest absolute Gasteiger partial charge is 0.480 e. The maximum Gasteiger partial charge on any atom is 0.323 e. The maximum absolute atomic E-state index is 12.2. The number of benzene rings is 1. The number of hydrogen-bond donors (Lipinski definition) is 1. The molecule has 5 nitrogen and oxygen atoms in total. The van der Waals surface area contributed by atoms with Gasteiger partial charge in [-0.1, -0.05) is 19.9 Å². The van der Waals surface area contributed by atoms with Gasteiger partial charge in [-0.05, 0) is 30.5 Å². The zero-order valence-electron chi connectivity index (χ0n) is 11.0. The van der Waals surface area contributed by atoms with Crippen LogP contribution in [0.3, 0.4) is 0 Å². The van der Waals surface area contributed by atoms with Gasteiger partial charge in [0, 0.05) is 0 Å². The number of aliphatic carboxylic acids is 1. The third-order valence-electron chi connectivity index (χ3n) is 3.20. The molecular formula is C14H17NO4. The van der Waals surface area contributed by atoms with E-state index in [-0.39, 0.29) is 12.5 Å². The van der Waals surface area contributed by atoms with Crippen molar-refractivity contribution in [3.63, 3.8) is 0 Å². The number of carboxylic acids is 1. The Labute approximate surface area is 111 Å². The molecule has 0 spiro atoms. The lowest BCUT2D eigenvalue weighted by Crippen LogP contribution is -2.47. The molecule has 1 amide bonds. The van der Waals surface area contributed by atoms with Crippen molar-refractivity contribution in [2.24, 2.45) is 0 Å². The third kappa shape index (κ3) is 2.54. The highest BCUT2D eigenvalue weighted by molar-refractivity contribution is 6.03. The normalized spacial score (nSPS) is 17.9. The minimum absolute atomic E-state index is 0.286. The van der Waals surface area contributed by atoms with Gasteiger partial charge in [0.2, 0.25) is 0 Å². The summed E-state index contributed by atoms with van der Waals surface area (Å²) in [7, 11) is 0. The van der Waals surface area contributed by atoms with E-state index in [0.717, 1.165) is 12.0 Å². The van der Waals surface area contributed by atoms with Gasteiger partial charge in [-0.15, -0.1) is 0 Å². The Kier molecular flexibility index (Phi) is 3.74. The Bertz CT molecular complexity index is 512. The number of carboxylic acid groups (broad SMARTS) is 1. The molecule has 0 fully saturated rings. The molecule has 2 rings (SSSR count). The van der Waals surface area contributed by atoms with Gasteiger partial charge in [-0.3, -0.25) is 14.5 Å². The Morgan fingerprint density at radius 1 is 1.42 bits per heavy atom. The van der Waals surface area contributed by atoms with E-state index in [4.69, 9.17) is 9.84 Å². The van der Waals surface area contributed by atoms with Crippen LogP contribution in [0.5, 0.6) is 5.75 Å². The lowest BCUT2D eigenvalue weighted by molar-refractivity contribution is -0.137. The molecular weight excluding hydrogens is 246 g/mol. The molecule has 0 saturated carbocycles. The predicted octanol–water partition coefficient (Wildman–Crippen LogP) is 1.84. The van der Waals surface area contributed by atoms with Crippen LogP contribution in [0.2, 0.25) is 0 Å². The first-order valence-corrected chi connectivity index (χ1v) is 6.39. The lowest BCUT2D eigenvalue weighted by atomic mass is 10.1. The van der Waals surface area contributed by atoms with Gasteiger partial charge >= 0.3 is 5.97 Å². The van der Waals surface area contributed by atoms with Gasteiger partial charge in [0.15, 0.2) is 6.10 Å². The van der Waals surface area contributed by atoms with Crippen molar-refractivity contribution in [2.45, 2.75) is 32.8 Å². The number of hydrogen-bond acceptors (Lipinski definition) is 3. The summed E-state index contributed by atoms with van der Waals surface area (Å²) < 4.78 is 5.62. The highest BCUT2D eigenvalue weighted by Gasteiger charge is 2.34. The van der Waals surface area contributed by atoms with Crippen molar-refractivity contribution >= 4 is 17.6 Å². The van der Waals surface area contributed by atoms with Crippen LogP contribution in [-0.2, 0) is 16.0 Å². The molecule has 1 aromatic carbocycles. The van der Waals surface area contributed by atoms with E-state index in [0.29, 0.717) is 17.9 Å². The standard InChI is InChI=1S/C14H17NO4/c1-3-9-5-6-12-10(7-9)15(8-13(16)17)14(18)11(4-2)19-12/h5-7,11H,3-4,8H2,1-2H3,(H,16,17). The minimum Gasteiger partial charge on any atom is -0.480 e. The second kappa shape index (κ2) is 5.30. The number of rotatable bonds is 4. The topological polar surface area (TPSA) is 66.8 Å². The van der Waals surface area contributed by atoms with Gasteiger partial charge < -0.3 is 9.84 Å². The van der Waals surface area contributed by atoms with Crippen LogP contribution in [0.25, 0.3) is 0 Å². The molecule has 0 radical (unpaired) electrons. The molecule has 0 aromatic heterocycles. The second-order valence-corrected chi connectivity index (χ2v) is 4.49. The fraction of sp³-hybridized carbons (Fsp3) is 0.429. The van der Waals surface area contributed by atoms with E-state index in [9.17, 15) is 9.59 Å². The molecule has 5 heteroatoms. The Balaban J connectivity index is 2.45. The number of anilines is 1. The summed E-state index contributed by atoms with van der Waals surface area (Å²) in [5.41, 5.74) is 1.59. The number of nitrogens with zero attached hydrogens (tertiary/aromatic N) is 1. The van der Waals surface area contributed by atoms with Crippen molar-refractivity contribution < 1.29 is 19.4 Å². The molecule has 1 N–H and O–H groups in total. The van der Waals surface area contributed by atoms with Crippen molar-refractivity contribution in [1.82, 2.24) is 0 Å². The van der Waals surface area contributed by atoms with Crippen molar-refractivity contribution in [1.29, 1.82) is 0 Å². The van der Waals surface area contributed by atoms with Gasteiger partial charge in [0.05, 0.1) is 5.69 Å². The summed E-state index contributed by atoms with van der Waals surface area (Å²) in [6.45, 7) is 3.51. The van der Waals surface area contributed by atoms with Crippen LogP contribution >= 0.6 is 0 Å². The SMILES string of the molecule is CCc1ccc2c(c1)N(CC(=O)O)C(=O)C(CC)O2. The van der Waals surface area contributed by atoms with Crippen molar-refractivity contribution in [2.75, 3.05) is 11.4 Å². The summed E-state index contributed by atoms with van der Waals surface area (Å²) in [6, 6.07) is 5.56. The molecule has 1 aromatic rings. The number of carbonyl (C=O) groups excluding carboxylic acids is 1. The number of carbonyl (C=O) groups is 2. The molecule has 0 saturated heterocycles. The first-order valence-electron chi connectivity index (χ1n) is 6.39. The minimum atomic E-state index is -1.03. The molecule has 1 heterocycles. The molecule has 0 bridgehead atoms. The molecule has 1 atom stereocenters. The van der Waals surface area contributed by atoms with Crippen molar-refractivity contribution in [3.05, 3.63) is 23.8 Å². The van der Waals surface area contributed by atoms with Crippen LogP contribution in [0.15, 0.2) is 18.2 Å². The van der Waals surface area contributed by atoms with E-state index in [1.165, 1.54) is 4.90 Å². The number of aryl methyl sites for hydroxylation is 1. The van der Waals surface area contributed by atoms with Crippen molar-refractivity contribution in [3.8, 4) is 5.75 Å². The summed E-state index contributed by atoms with van der Waals surface area (Å²) in [5, 5.41) is 8.96. The summed E-state index contributed by atoms with van der Waals surface area (Å²) in [6.07, 6.45) is 0.739. The number of amides is 1. The molecule has 0 aliphatic carbocycles. The molecule has 102 valence electrons. The average Bonchev–Trinajstić information content (AvgIpc) is 2.40. The average molecular weight is 263 g/mol. The second-order valence-electron chi connectivity index (χ2n) is 4.49. The summed E-state index contributed by atoms with van der Waals surface area (Å²) >= 11 is 0. The molecule has 1 unspecified atom stereocenters. The Morgan fingerprint density at radius 3 is 2.74 bits per heavy atom. The zero-order chi connectivity index (χ0) is 14.0. The van der Waals surface area contributed by atoms with Crippen LogP contribution in [0.1, 0.15) is 25.8 Å². The van der Waals surface area contributed by atoms with Crippen LogP contribution in [0.4, 0.5) is 5.69 Å². The van der Waals surface area contributed by atoms with Gasteiger partial charge in [0.1, 0.15) is 12.3 Å². The molecule has 19 heavy (non-hydrogen) atoms. The molecule has 1 aliphatic rings. The van der Waals surface area contributed by atoms with E-state index in [2.05, 4.69) is 0 Å². The monoisotopic (exact) mass is 263 g/mol. The highest BCUT2D eigenvalue weighted by atomic mass is 16.5. The van der Waals surface area contributed by atoms with Crippen LogP contribution in [-0.4, -0.2) is 29.6 Å². The van der Waals surface area contributed by atoms with Gasteiger partial charge in [-0.25, -0.2) is 0 Å². The fourth-order valence-electron chi connectivity index (χ4n) is 2.15. The van der Waals surface area contributed by atoms with E-state index < -0.39 is 12.1 Å². The lowest BCUT2D eigenvalue weighted by Gasteiger charge is -2.33. The summed E-state index contributed by atoms with van der Waals surface area (Å²) in [4.78, 5) is 24.4. The Hall–Kier alpha value is -2.04. The fourth-order valence-corrected chi connectivity index (χ4v) is 2.15. The molecule has 1 aliphatic heterocycles. The van der Waals surface area contributed by atoms with Gasteiger partial charge in [-0.2, -0.15) is 0 Å². The van der Waals surface area contributed by atoms with E-state index >= 15 is 0 Å². The quantitative estimate of drug-likeness (QED) is 0.900. The Morgan fingerprint density at radius 2 is 2.16 bits per heavy atom. The van der Waals surface area contributed by atoms with E-state index in [1.807, 2.05) is 26.0 Å². The third-order valence-corrected chi connectivity index (χ3v) is 3.20. The van der Waals surface area contributed by atoms with E-state index in [1.54, 1.807) is 6.07 Å². The smallest absolute Gasteiger partial charge is 0.323 e. The van der Waals surface area contributed by atoms with Crippen LogP contribution < -0.4 is 9.64 Å². The predicted molar refractivity (Wildman–Crippen MR) is 70.5 cm³/mol. The number of fused-ring (bicyclic) bond motifs is 1. The summed E-state index contributed by atoms with van der Waals surface area (Å²) in [5.74, 6) is -0.742. The first-order chi connectivity index (χ1) is 9.06.